The van der Waals surface area contributed by atoms with Crippen LogP contribution in [0.15, 0.2) is 9.27 Å². The molecule has 0 bridgehead atoms. The molecule has 1 aliphatic carbocycles. The van der Waals surface area contributed by atoms with Gasteiger partial charge in [0.25, 0.3) is 5.56 Å². The van der Waals surface area contributed by atoms with Crippen LogP contribution >= 0.6 is 15.9 Å². The number of carbonyl (C=O) groups is 1. The van der Waals surface area contributed by atoms with Gasteiger partial charge in [0.15, 0.2) is 0 Å². The van der Waals surface area contributed by atoms with E-state index in [2.05, 4.69) is 25.9 Å². The molecule has 1 fully saturated rings. The van der Waals surface area contributed by atoms with Gasteiger partial charge >= 0.3 is 0 Å². The van der Waals surface area contributed by atoms with Crippen LogP contribution in [0.5, 0.6) is 0 Å². The molecule has 6 heteroatoms. The van der Waals surface area contributed by atoms with Crippen LogP contribution in [0, 0.1) is 0 Å². The number of nitrogens with one attached hydrogen (secondary N) is 1. The van der Waals surface area contributed by atoms with E-state index in [0.29, 0.717) is 16.2 Å². The molecule has 3 N–H and O–H groups in total. The Balaban J connectivity index is 2.41. The normalized spacial score (nSPS) is 15.3. The summed E-state index contributed by atoms with van der Waals surface area (Å²) >= 11 is 3.20. The Labute approximate surface area is 94.2 Å². The van der Waals surface area contributed by atoms with E-state index < -0.39 is 5.91 Å². The van der Waals surface area contributed by atoms with Gasteiger partial charge in [0.1, 0.15) is 10.3 Å². The second-order valence-electron chi connectivity index (χ2n) is 3.63. The molecule has 1 amide bonds. The Hall–Kier alpha value is -1.17. The Kier molecular flexibility index (Phi) is 2.60. The zero-order valence-corrected chi connectivity index (χ0v) is 9.50. The van der Waals surface area contributed by atoms with E-state index in [-0.39, 0.29) is 12.0 Å². The minimum absolute atomic E-state index is 0.0256. The van der Waals surface area contributed by atoms with Crippen LogP contribution in [0.25, 0.3) is 0 Å². The number of H-pyrrole nitrogens is 1. The van der Waals surface area contributed by atoms with Crippen molar-refractivity contribution >= 4 is 21.8 Å². The predicted molar refractivity (Wildman–Crippen MR) is 57.4 cm³/mol. The topological polar surface area (TPSA) is 88.8 Å². The smallest absolute Gasteiger partial charge is 0.265 e. The maximum atomic E-state index is 11.5. The number of hydrogen-bond acceptors (Lipinski definition) is 3. The van der Waals surface area contributed by atoms with E-state index in [4.69, 9.17) is 5.73 Å². The average molecular weight is 272 g/mol. The van der Waals surface area contributed by atoms with Crippen LogP contribution in [-0.4, -0.2) is 15.9 Å². The number of nitrogens with zero attached hydrogens (tertiary/aromatic N) is 1. The Morgan fingerprint density at radius 1 is 1.60 bits per heavy atom. The molecule has 0 unspecified atom stereocenters. The summed E-state index contributed by atoms with van der Waals surface area (Å²) in [4.78, 5) is 28.9. The highest BCUT2D eigenvalue weighted by Crippen LogP contribution is 2.41. The van der Waals surface area contributed by atoms with Crippen molar-refractivity contribution in [1.29, 1.82) is 0 Å². The summed E-state index contributed by atoms with van der Waals surface area (Å²) < 4.78 is 0.471. The number of aromatic amines is 1. The third-order valence-electron chi connectivity index (χ3n) is 2.24. The van der Waals surface area contributed by atoms with Gasteiger partial charge in [-0.05, 0) is 28.8 Å². The fourth-order valence-corrected chi connectivity index (χ4v) is 1.91. The molecular weight excluding hydrogens is 262 g/mol. The number of halogens is 1. The highest BCUT2D eigenvalue weighted by molar-refractivity contribution is 9.10. The van der Waals surface area contributed by atoms with Gasteiger partial charge in [-0.1, -0.05) is 0 Å². The first-order chi connectivity index (χ1) is 7.08. The summed E-state index contributed by atoms with van der Waals surface area (Å²) in [7, 11) is 0. The summed E-state index contributed by atoms with van der Waals surface area (Å²) in [6.07, 6.45) is 2.07. The molecule has 0 saturated heterocycles. The molecule has 2 rings (SSSR count). The summed E-state index contributed by atoms with van der Waals surface area (Å²) in [5.74, 6) is 0.202. The lowest BCUT2D eigenvalue weighted by Crippen LogP contribution is -2.21. The van der Waals surface area contributed by atoms with Crippen LogP contribution in [0.4, 0.5) is 0 Å². The van der Waals surface area contributed by atoms with Crippen LogP contribution < -0.4 is 11.3 Å². The van der Waals surface area contributed by atoms with Gasteiger partial charge in [-0.2, -0.15) is 0 Å². The van der Waals surface area contributed by atoms with Gasteiger partial charge in [-0.25, -0.2) is 4.98 Å². The highest BCUT2D eigenvalue weighted by atomic mass is 79.9. The Bertz CT molecular complexity index is 465. The van der Waals surface area contributed by atoms with Crippen molar-refractivity contribution < 1.29 is 4.79 Å². The second-order valence-corrected chi connectivity index (χ2v) is 4.42. The van der Waals surface area contributed by atoms with Crippen molar-refractivity contribution in [2.45, 2.75) is 25.2 Å². The van der Waals surface area contributed by atoms with Gasteiger partial charge in [0, 0.05) is 5.92 Å². The second kappa shape index (κ2) is 3.77. The molecule has 15 heavy (non-hydrogen) atoms. The van der Waals surface area contributed by atoms with Crippen molar-refractivity contribution in [2.75, 3.05) is 0 Å². The molecular formula is C9H10BrN3O2. The maximum absolute atomic E-state index is 11.5. The largest absolute Gasteiger partial charge is 0.369 e. The number of nitrogens with two attached hydrogens (primary N) is 1. The SMILES string of the molecule is NC(=O)Cc1nc(C2CC2)c(Br)c(=O)[nH]1. The number of amides is 1. The molecule has 0 radical (unpaired) electrons. The first-order valence-electron chi connectivity index (χ1n) is 4.65. The first kappa shape index (κ1) is 10.4. The molecule has 80 valence electrons. The number of primary amides is 1. The lowest BCUT2D eigenvalue weighted by Gasteiger charge is -2.03. The van der Waals surface area contributed by atoms with Gasteiger partial charge in [0.2, 0.25) is 5.91 Å². The third kappa shape index (κ3) is 2.26. The molecule has 1 heterocycles. The quantitative estimate of drug-likeness (QED) is 0.836. The Morgan fingerprint density at radius 2 is 2.27 bits per heavy atom. The molecule has 1 aromatic rings. The van der Waals surface area contributed by atoms with Crippen molar-refractivity contribution in [3.63, 3.8) is 0 Å². The van der Waals surface area contributed by atoms with Gasteiger partial charge in [-0.3, -0.25) is 9.59 Å². The van der Waals surface area contributed by atoms with E-state index in [9.17, 15) is 9.59 Å². The van der Waals surface area contributed by atoms with Crippen LogP contribution in [0.1, 0.15) is 30.3 Å². The lowest BCUT2D eigenvalue weighted by atomic mass is 10.2. The lowest BCUT2D eigenvalue weighted by molar-refractivity contribution is -0.117. The highest BCUT2D eigenvalue weighted by Gasteiger charge is 2.28. The number of aromatic nitrogens is 2. The number of carbonyl (C=O) groups excluding carboxylic acids is 1. The molecule has 0 aromatic carbocycles. The average Bonchev–Trinajstić information content (AvgIpc) is 2.93. The van der Waals surface area contributed by atoms with Gasteiger partial charge in [0.05, 0.1) is 12.1 Å². The molecule has 0 aliphatic heterocycles. The van der Waals surface area contributed by atoms with E-state index in [0.717, 1.165) is 18.5 Å². The fourth-order valence-electron chi connectivity index (χ4n) is 1.40. The molecule has 0 spiro atoms. The Morgan fingerprint density at radius 3 is 2.80 bits per heavy atom. The van der Waals surface area contributed by atoms with E-state index >= 15 is 0 Å². The van der Waals surface area contributed by atoms with Gasteiger partial charge in [-0.15, -0.1) is 0 Å². The van der Waals surface area contributed by atoms with Crippen molar-refractivity contribution in [1.82, 2.24) is 9.97 Å². The van der Waals surface area contributed by atoms with E-state index in [1.165, 1.54) is 0 Å². The maximum Gasteiger partial charge on any atom is 0.265 e. The fraction of sp³-hybridized carbons (Fsp3) is 0.444. The monoisotopic (exact) mass is 271 g/mol. The van der Waals surface area contributed by atoms with Crippen LogP contribution in [0.2, 0.25) is 0 Å². The number of rotatable bonds is 3. The van der Waals surface area contributed by atoms with Crippen LogP contribution in [0.3, 0.4) is 0 Å². The molecule has 5 nitrogen and oxygen atoms in total. The molecule has 1 aliphatic rings. The van der Waals surface area contributed by atoms with Crippen molar-refractivity contribution in [3.05, 3.63) is 26.3 Å². The standard InChI is InChI=1S/C9H10BrN3O2/c10-7-8(4-1-2-4)12-6(3-5(11)14)13-9(7)15/h4H,1-3H2,(H2,11,14)(H,12,13,15). The van der Waals surface area contributed by atoms with Crippen molar-refractivity contribution in [3.8, 4) is 0 Å². The van der Waals surface area contributed by atoms with Gasteiger partial charge < -0.3 is 10.7 Å². The summed E-state index contributed by atoms with van der Waals surface area (Å²) in [5.41, 5.74) is 5.54. The third-order valence-corrected chi connectivity index (χ3v) is 3.01. The molecule has 1 saturated carbocycles. The molecule has 0 atom stereocenters. The minimum atomic E-state index is -0.498. The first-order valence-corrected chi connectivity index (χ1v) is 5.44. The van der Waals surface area contributed by atoms with Crippen LogP contribution in [-0.2, 0) is 11.2 Å². The summed E-state index contributed by atoms with van der Waals surface area (Å²) in [5, 5.41) is 0. The van der Waals surface area contributed by atoms with E-state index in [1.54, 1.807) is 0 Å². The molecule has 1 aromatic heterocycles. The predicted octanol–water partition coefficient (Wildman–Crippen LogP) is 0.438. The number of hydrogen-bond donors (Lipinski definition) is 2. The van der Waals surface area contributed by atoms with Crippen molar-refractivity contribution in [2.24, 2.45) is 5.73 Å². The zero-order valence-electron chi connectivity index (χ0n) is 7.92. The summed E-state index contributed by atoms with van der Waals surface area (Å²) in [6.45, 7) is 0. The van der Waals surface area contributed by atoms with E-state index in [1.807, 2.05) is 0 Å². The zero-order chi connectivity index (χ0) is 11.0. The minimum Gasteiger partial charge on any atom is -0.369 e. The summed E-state index contributed by atoms with van der Waals surface area (Å²) in [6, 6.07) is 0.